The average Bonchev–Trinajstić information content (AvgIpc) is 2.38. The maximum atomic E-state index is 12.4. The van der Waals surface area contributed by atoms with Crippen LogP contribution in [0.2, 0.25) is 0 Å². The molecule has 0 saturated carbocycles. The van der Waals surface area contributed by atoms with Crippen molar-refractivity contribution in [2.24, 2.45) is 0 Å². The van der Waals surface area contributed by atoms with Crippen LogP contribution >= 0.6 is 0 Å². The van der Waals surface area contributed by atoms with E-state index in [0.29, 0.717) is 5.39 Å². The van der Waals surface area contributed by atoms with Gasteiger partial charge in [-0.05, 0) is 38.0 Å². The summed E-state index contributed by atoms with van der Waals surface area (Å²) in [5.74, 6) is 0.721. The Balaban J connectivity index is 2.62. The number of unbranched alkanes of at least 4 members (excludes halogenated alkanes) is 1. The summed E-state index contributed by atoms with van der Waals surface area (Å²) in [7, 11) is 1.61. The lowest BCUT2D eigenvalue weighted by atomic mass is 10.0. The fourth-order valence-electron chi connectivity index (χ4n) is 2.21. The van der Waals surface area contributed by atoms with Crippen LogP contribution in [-0.2, 0) is 6.42 Å². The van der Waals surface area contributed by atoms with Crippen molar-refractivity contribution in [3.8, 4) is 5.75 Å². The summed E-state index contributed by atoms with van der Waals surface area (Å²) in [6.45, 7) is 4.10. The Morgan fingerprint density at radius 1 is 1.33 bits per heavy atom. The molecule has 0 bridgehead atoms. The van der Waals surface area contributed by atoms with E-state index in [0.717, 1.165) is 41.8 Å². The minimum Gasteiger partial charge on any atom is -0.497 e. The van der Waals surface area contributed by atoms with Gasteiger partial charge in [0.15, 0.2) is 5.43 Å². The molecule has 0 aliphatic heterocycles. The number of hydrogen-bond acceptors (Lipinski definition) is 2. The van der Waals surface area contributed by atoms with Gasteiger partial charge in [-0.3, -0.25) is 4.79 Å². The number of H-pyrrole nitrogens is 1. The second-order valence-electron chi connectivity index (χ2n) is 4.57. The van der Waals surface area contributed by atoms with Crippen LogP contribution in [0.3, 0.4) is 0 Å². The zero-order chi connectivity index (χ0) is 13.1. The molecule has 18 heavy (non-hydrogen) atoms. The van der Waals surface area contributed by atoms with Crippen molar-refractivity contribution in [2.45, 2.75) is 33.1 Å². The molecule has 2 aromatic rings. The van der Waals surface area contributed by atoms with Gasteiger partial charge in [0.25, 0.3) is 0 Å². The molecule has 96 valence electrons. The number of methoxy groups -OCH3 is 1. The molecule has 1 N–H and O–H groups in total. The Hall–Kier alpha value is -1.77. The van der Waals surface area contributed by atoms with Crippen molar-refractivity contribution in [3.05, 3.63) is 39.7 Å². The summed E-state index contributed by atoms with van der Waals surface area (Å²) < 4.78 is 5.18. The van der Waals surface area contributed by atoms with Gasteiger partial charge in [-0.2, -0.15) is 0 Å². The van der Waals surface area contributed by atoms with E-state index >= 15 is 0 Å². The van der Waals surface area contributed by atoms with E-state index in [1.54, 1.807) is 7.11 Å². The summed E-state index contributed by atoms with van der Waals surface area (Å²) in [5, 5.41) is 0.714. The lowest BCUT2D eigenvalue weighted by Crippen LogP contribution is -2.13. The third-order valence-electron chi connectivity index (χ3n) is 3.30. The van der Waals surface area contributed by atoms with Crippen LogP contribution in [0.5, 0.6) is 5.75 Å². The van der Waals surface area contributed by atoms with E-state index in [1.165, 1.54) is 0 Å². The number of ether oxygens (including phenoxy) is 1. The van der Waals surface area contributed by atoms with Crippen molar-refractivity contribution in [3.63, 3.8) is 0 Å². The van der Waals surface area contributed by atoms with E-state index in [9.17, 15) is 4.79 Å². The van der Waals surface area contributed by atoms with Crippen LogP contribution in [0.25, 0.3) is 10.9 Å². The minimum absolute atomic E-state index is 0.133. The van der Waals surface area contributed by atoms with Crippen molar-refractivity contribution >= 4 is 10.9 Å². The Kier molecular flexibility index (Phi) is 3.70. The van der Waals surface area contributed by atoms with Crippen molar-refractivity contribution < 1.29 is 4.74 Å². The largest absolute Gasteiger partial charge is 0.497 e. The first kappa shape index (κ1) is 12.7. The number of aryl methyl sites for hydroxylation is 1. The number of rotatable bonds is 4. The monoisotopic (exact) mass is 245 g/mol. The Labute approximate surface area is 107 Å². The van der Waals surface area contributed by atoms with Crippen LogP contribution in [0, 0.1) is 6.92 Å². The number of benzene rings is 1. The Bertz CT molecular complexity index is 614. The molecule has 3 nitrogen and oxygen atoms in total. The highest BCUT2D eigenvalue weighted by Gasteiger charge is 2.09. The zero-order valence-corrected chi connectivity index (χ0v) is 11.2. The maximum Gasteiger partial charge on any atom is 0.192 e. The molecule has 0 radical (unpaired) electrons. The number of aromatic amines is 1. The molecule has 0 unspecified atom stereocenters. The summed E-state index contributed by atoms with van der Waals surface area (Å²) in [6, 6.07) is 5.57. The van der Waals surface area contributed by atoms with Crippen LogP contribution in [0.15, 0.2) is 23.0 Å². The van der Waals surface area contributed by atoms with Crippen molar-refractivity contribution in [1.82, 2.24) is 4.98 Å². The highest BCUT2D eigenvalue weighted by atomic mass is 16.5. The van der Waals surface area contributed by atoms with Gasteiger partial charge in [-0.1, -0.05) is 13.3 Å². The fraction of sp³-hybridized carbons (Fsp3) is 0.400. The third kappa shape index (κ3) is 2.26. The van der Waals surface area contributed by atoms with Crippen molar-refractivity contribution in [2.75, 3.05) is 7.11 Å². The molecule has 3 heteroatoms. The van der Waals surface area contributed by atoms with Crippen LogP contribution in [-0.4, -0.2) is 12.1 Å². The first-order chi connectivity index (χ1) is 8.67. The summed E-state index contributed by atoms with van der Waals surface area (Å²) in [4.78, 5) is 15.8. The predicted molar refractivity (Wildman–Crippen MR) is 74.5 cm³/mol. The molecule has 1 aromatic heterocycles. The molecule has 2 rings (SSSR count). The van der Waals surface area contributed by atoms with E-state index in [2.05, 4.69) is 11.9 Å². The van der Waals surface area contributed by atoms with E-state index < -0.39 is 0 Å². The number of pyridine rings is 1. The lowest BCUT2D eigenvalue weighted by molar-refractivity contribution is 0.415. The van der Waals surface area contributed by atoms with Gasteiger partial charge in [0.1, 0.15) is 5.75 Å². The molecule has 0 aliphatic rings. The molecular formula is C15H19NO2. The van der Waals surface area contributed by atoms with E-state index in [4.69, 9.17) is 4.74 Å². The topological polar surface area (TPSA) is 42.1 Å². The van der Waals surface area contributed by atoms with Gasteiger partial charge >= 0.3 is 0 Å². The molecule has 1 heterocycles. The normalized spacial score (nSPS) is 10.8. The fourth-order valence-corrected chi connectivity index (χ4v) is 2.21. The number of hydrogen-bond donors (Lipinski definition) is 1. The number of aromatic nitrogens is 1. The lowest BCUT2D eigenvalue weighted by Gasteiger charge is -2.08. The molecule has 0 atom stereocenters. The van der Waals surface area contributed by atoms with Gasteiger partial charge in [0.05, 0.1) is 7.11 Å². The molecule has 0 fully saturated rings. The van der Waals surface area contributed by atoms with Gasteiger partial charge in [-0.15, -0.1) is 0 Å². The summed E-state index contributed by atoms with van der Waals surface area (Å²) in [6.07, 6.45) is 2.97. The second-order valence-corrected chi connectivity index (χ2v) is 4.57. The summed E-state index contributed by atoms with van der Waals surface area (Å²) >= 11 is 0. The molecule has 0 saturated heterocycles. The molecule has 0 amide bonds. The standard InChI is InChI=1S/C15H19NO2/c1-4-5-6-12-10(2)16-14-8-7-11(18-3)9-13(14)15(12)17/h7-9H,4-6H2,1-3H3,(H,16,17). The summed E-state index contributed by atoms with van der Waals surface area (Å²) in [5.41, 5.74) is 2.89. The van der Waals surface area contributed by atoms with Gasteiger partial charge in [0, 0.05) is 22.2 Å². The number of fused-ring (bicyclic) bond motifs is 1. The van der Waals surface area contributed by atoms with Crippen LogP contribution in [0.1, 0.15) is 31.0 Å². The zero-order valence-electron chi connectivity index (χ0n) is 11.2. The average molecular weight is 245 g/mol. The Morgan fingerprint density at radius 2 is 2.11 bits per heavy atom. The molecule has 0 spiro atoms. The Morgan fingerprint density at radius 3 is 2.78 bits per heavy atom. The third-order valence-corrected chi connectivity index (χ3v) is 3.30. The van der Waals surface area contributed by atoms with E-state index in [-0.39, 0.29) is 5.43 Å². The molecule has 1 aromatic carbocycles. The number of nitrogens with one attached hydrogen (secondary N) is 1. The van der Waals surface area contributed by atoms with Gasteiger partial charge in [0.2, 0.25) is 0 Å². The van der Waals surface area contributed by atoms with Crippen LogP contribution < -0.4 is 10.2 Å². The first-order valence-electron chi connectivity index (χ1n) is 6.37. The maximum absolute atomic E-state index is 12.4. The first-order valence-corrected chi connectivity index (χ1v) is 6.37. The van der Waals surface area contributed by atoms with Gasteiger partial charge in [-0.25, -0.2) is 0 Å². The molecular weight excluding hydrogens is 226 g/mol. The highest BCUT2D eigenvalue weighted by molar-refractivity contribution is 5.81. The quantitative estimate of drug-likeness (QED) is 0.898. The van der Waals surface area contributed by atoms with Crippen molar-refractivity contribution in [1.29, 1.82) is 0 Å². The smallest absolute Gasteiger partial charge is 0.192 e. The molecule has 0 aliphatic carbocycles. The van der Waals surface area contributed by atoms with E-state index in [1.807, 2.05) is 25.1 Å². The van der Waals surface area contributed by atoms with Crippen LogP contribution in [0.4, 0.5) is 0 Å². The second kappa shape index (κ2) is 5.25. The van der Waals surface area contributed by atoms with Gasteiger partial charge < -0.3 is 9.72 Å². The SMILES string of the molecule is CCCCc1c(C)[nH]c2ccc(OC)cc2c1=O. The minimum atomic E-state index is 0.133. The predicted octanol–water partition coefficient (Wildman–Crippen LogP) is 3.19. The highest BCUT2D eigenvalue weighted by Crippen LogP contribution is 2.18.